The number of nitrogens with zero attached hydrogens (tertiary/aromatic N) is 1. The van der Waals surface area contributed by atoms with E-state index >= 15 is 0 Å². The molecule has 0 aromatic heterocycles. The van der Waals surface area contributed by atoms with Crippen molar-refractivity contribution in [2.75, 3.05) is 6.26 Å². The number of hydrogen-bond donors (Lipinski definition) is 1. The third-order valence-electron chi connectivity index (χ3n) is 1.73. The molecule has 0 aliphatic rings. The second-order valence-electron chi connectivity index (χ2n) is 2.85. The number of carboxylic acid groups (broad SMARTS) is 1. The Labute approximate surface area is 85.4 Å². The molecule has 0 radical (unpaired) electrons. The fourth-order valence-corrected chi connectivity index (χ4v) is 1.64. The van der Waals surface area contributed by atoms with E-state index in [-0.39, 0.29) is 10.5 Å². The number of nitroso groups, excluding NO2 is 1. The molecule has 1 aromatic rings. The number of carbonyl (C=O) groups is 1. The summed E-state index contributed by atoms with van der Waals surface area (Å²) in [5, 5.41) is 11.1. The summed E-state index contributed by atoms with van der Waals surface area (Å²) in [5.74, 6) is -1.33. The summed E-state index contributed by atoms with van der Waals surface area (Å²) in [4.78, 5) is 20.8. The van der Waals surface area contributed by atoms with Crippen LogP contribution in [-0.4, -0.2) is 25.7 Å². The maximum absolute atomic E-state index is 11.1. The van der Waals surface area contributed by atoms with Crippen molar-refractivity contribution in [2.24, 2.45) is 5.18 Å². The van der Waals surface area contributed by atoms with Crippen LogP contribution in [0.1, 0.15) is 10.4 Å². The van der Waals surface area contributed by atoms with Crippen molar-refractivity contribution in [3.63, 3.8) is 0 Å². The predicted octanol–water partition coefficient (Wildman–Crippen LogP) is 1.19. The van der Waals surface area contributed by atoms with Gasteiger partial charge in [-0.1, -0.05) is 0 Å². The highest BCUT2D eigenvalue weighted by Gasteiger charge is 2.15. The molecule has 15 heavy (non-hydrogen) atoms. The molecule has 0 saturated carbocycles. The molecule has 0 amide bonds. The van der Waals surface area contributed by atoms with Crippen LogP contribution in [0.2, 0.25) is 0 Å². The van der Waals surface area contributed by atoms with Crippen molar-refractivity contribution in [1.82, 2.24) is 0 Å². The highest BCUT2D eigenvalue weighted by Crippen LogP contribution is 2.23. The van der Waals surface area contributed by atoms with E-state index in [2.05, 4.69) is 5.18 Å². The number of hydrogen-bond acceptors (Lipinski definition) is 5. The average molecular weight is 229 g/mol. The van der Waals surface area contributed by atoms with Gasteiger partial charge in [0.2, 0.25) is 0 Å². The van der Waals surface area contributed by atoms with E-state index < -0.39 is 21.5 Å². The number of rotatable bonds is 3. The molecule has 1 rings (SSSR count). The Morgan fingerprint density at radius 3 is 2.40 bits per heavy atom. The zero-order chi connectivity index (χ0) is 11.6. The molecule has 0 saturated heterocycles. The van der Waals surface area contributed by atoms with Crippen LogP contribution in [0, 0.1) is 4.91 Å². The minimum absolute atomic E-state index is 0.137. The van der Waals surface area contributed by atoms with Crippen molar-refractivity contribution in [3.8, 4) is 0 Å². The molecule has 0 heterocycles. The van der Waals surface area contributed by atoms with Gasteiger partial charge >= 0.3 is 5.97 Å². The molecule has 0 aliphatic heterocycles. The molecule has 0 unspecified atom stereocenters. The highest BCUT2D eigenvalue weighted by atomic mass is 32.2. The van der Waals surface area contributed by atoms with E-state index in [0.29, 0.717) is 0 Å². The topological polar surface area (TPSA) is 101 Å². The van der Waals surface area contributed by atoms with E-state index in [1.165, 1.54) is 0 Å². The molecule has 0 aliphatic carbocycles. The van der Waals surface area contributed by atoms with Gasteiger partial charge in [0.1, 0.15) is 5.69 Å². The van der Waals surface area contributed by atoms with E-state index in [1.54, 1.807) is 0 Å². The van der Waals surface area contributed by atoms with Gasteiger partial charge < -0.3 is 5.11 Å². The molecule has 0 atom stereocenters. The first-order chi connectivity index (χ1) is 6.86. The lowest BCUT2D eigenvalue weighted by molar-refractivity contribution is 0.0697. The zero-order valence-electron chi connectivity index (χ0n) is 7.67. The Hall–Kier alpha value is -1.76. The summed E-state index contributed by atoms with van der Waals surface area (Å²) in [6.07, 6.45) is 0.956. The van der Waals surface area contributed by atoms with Crippen LogP contribution in [0.3, 0.4) is 0 Å². The smallest absolute Gasteiger partial charge is 0.338 e. The fraction of sp³-hybridized carbons (Fsp3) is 0.125. The van der Waals surface area contributed by atoms with Crippen LogP contribution >= 0.6 is 0 Å². The van der Waals surface area contributed by atoms with Crippen molar-refractivity contribution >= 4 is 21.5 Å². The van der Waals surface area contributed by atoms with E-state index in [9.17, 15) is 18.1 Å². The third kappa shape index (κ3) is 2.38. The first-order valence-corrected chi connectivity index (χ1v) is 5.66. The van der Waals surface area contributed by atoms with Gasteiger partial charge in [0, 0.05) is 6.26 Å². The molecule has 6 nitrogen and oxygen atoms in total. The first-order valence-electron chi connectivity index (χ1n) is 3.77. The fourth-order valence-electron chi connectivity index (χ4n) is 0.998. The Bertz CT molecular complexity index is 520. The third-order valence-corrected chi connectivity index (χ3v) is 2.84. The van der Waals surface area contributed by atoms with Gasteiger partial charge in [-0.15, -0.1) is 4.91 Å². The van der Waals surface area contributed by atoms with Gasteiger partial charge in [-0.2, -0.15) is 0 Å². The zero-order valence-corrected chi connectivity index (χ0v) is 8.48. The normalized spacial score (nSPS) is 11.0. The van der Waals surface area contributed by atoms with Crippen LogP contribution in [0.25, 0.3) is 0 Å². The summed E-state index contributed by atoms with van der Waals surface area (Å²) in [6, 6.07) is 3.09. The molecule has 1 N–H and O–H groups in total. The summed E-state index contributed by atoms with van der Waals surface area (Å²) in [6.45, 7) is 0. The molecular weight excluding hydrogens is 222 g/mol. The minimum atomic E-state index is -3.47. The molecular formula is C8H7NO5S. The molecule has 1 aromatic carbocycles. The SMILES string of the molecule is CS(=O)(=O)c1ccc(C(=O)O)c(N=O)c1. The van der Waals surface area contributed by atoms with Gasteiger partial charge in [0.15, 0.2) is 9.84 Å². The van der Waals surface area contributed by atoms with Crippen molar-refractivity contribution < 1.29 is 18.3 Å². The van der Waals surface area contributed by atoms with Crippen LogP contribution in [0.15, 0.2) is 28.3 Å². The summed E-state index contributed by atoms with van der Waals surface area (Å²) in [7, 11) is -3.47. The van der Waals surface area contributed by atoms with Gasteiger partial charge in [0.25, 0.3) is 0 Å². The monoisotopic (exact) mass is 229 g/mol. The second kappa shape index (κ2) is 3.77. The summed E-state index contributed by atoms with van der Waals surface area (Å²) < 4.78 is 22.2. The number of aromatic carboxylic acids is 1. The van der Waals surface area contributed by atoms with Crippen LogP contribution in [-0.2, 0) is 9.84 Å². The average Bonchev–Trinajstić information content (AvgIpc) is 2.15. The standard InChI is InChI=1S/C8H7NO5S/c1-15(13,14)5-2-3-6(8(10)11)7(4-5)9-12/h2-4H,1H3,(H,10,11). The number of carboxylic acids is 1. The number of sulfone groups is 1. The van der Waals surface area contributed by atoms with Crippen molar-refractivity contribution in [2.45, 2.75) is 4.90 Å². The second-order valence-corrected chi connectivity index (χ2v) is 4.86. The van der Waals surface area contributed by atoms with E-state index in [4.69, 9.17) is 5.11 Å². The van der Waals surface area contributed by atoms with E-state index in [1.807, 2.05) is 0 Å². The van der Waals surface area contributed by atoms with Gasteiger partial charge in [-0.3, -0.25) is 0 Å². The van der Waals surface area contributed by atoms with Crippen molar-refractivity contribution in [3.05, 3.63) is 28.7 Å². The Kier molecular flexibility index (Phi) is 2.85. The van der Waals surface area contributed by atoms with Gasteiger partial charge in [0.05, 0.1) is 10.5 Å². The summed E-state index contributed by atoms with van der Waals surface area (Å²) >= 11 is 0. The molecule has 0 spiro atoms. The van der Waals surface area contributed by atoms with Crippen LogP contribution < -0.4 is 0 Å². The number of benzene rings is 1. The van der Waals surface area contributed by atoms with Gasteiger partial charge in [-0.25, -0.2) is 13.2 Å². The van der Waals surface area contributed by atoms with Crippen LogP contribution in [0.5, 0.6) is 0 Å². The lowest BCUT2D eigenvalue weighted by Crippen LogP contribution is -2.01. The van der Waals surface area contributed by atoms with E-state index in [0.717, 1.165) is 24.5 Å². The maximum atomic E-state index is 11.1. The molecule has 0 bridgehead atoms. The van der Waals surface area contributed by atoms with Crippen molar-refractivity contribution in [1.29, 1.82) is 0 Å². The lowest BCUT2D eigenvalue weighted by Gasteiger charge is -2.01. The van der Waals surface area contributed by atoms with Gasteiger partial charge in [-0.05, 0) is 23.4 Å². The minimum Gasteiger partial charge on any atom is -0.478 e. The van der Waals surface area contributed by atoms with Crippen LogP contribution in [0.4, 0.5) is 5.69 Å². The Morgan fingerprint density at radius 1 is 1.40 bits per heavy atom. The molecule has 0 fully saturated rings. The molecule has 80 valence electrons. The molecule has 7 heteroatoms. The maximum Gasteiger partial charge on any atom is 0.338 e. The predicted molar refractivity (Wildman–Crippen MR) is 52.0 cm³/mol. The first kappa shape index (κ1) is 11.3. The quantitative estimate of drug-likeness (QED) is 0.784. The Morgan fingerprint density at radius 2 is 2.00 bits per heavy atom. The lowest BCUT2D eigenvalue weighted by atomic mass is 10.2. The highest BCUT2D eigenvalue weighted by molar-refractivity contribution is 7.90. The Balaban J connectivity index is 3.45. The largest absolute Gasteiger partial charge is 0.478 e. The summed E-state index contributed by atoms with van der Waals surface area (Å²) in [5.41, 5.74) is -0.720.